The summed E-state index contributed by atoms with van der Waals surface area (Å²) in [5.74, 6) is 0. The highest BCUT2D eigenvalue weighted by Crippen LogP contribution is 2.23. The summed E-state index contributed by atoms with van der Waals surface area (Å²) in [5.41, 5.74) is 2.23. The Morgan fingerprint density at radius 2 is 1.81 bits per heavy atom. The Balaban J connectivity index is 2.23. The summed E-state index contributed by atoms with van der Waals surface area (Å²) in [7, 11) is 0. The van der Waals surface area contributed by atoms with Gasteiger partial charge >= 0.3 is 0 Å². The molecular formula is C11H10IN3S. The van der Waals surface area contributed by atoms with Crippen LogP contribution in [0.25, 0.3) is 0 Å². The second kappa shape index (κ2) is 5.09. The van der Waals surface area contributed by atoms with Gasteiger partial charge in [-0.2, -0.15) is 0 Å². The fourth-order valence-corrected chi connectivity index (χ4v) is 2.41. The SMILES string of the molecule is Cc1cc(C)nc(Sc2ncc(I)cn2)c1. The van der Waals surface area contributed by atoms with Gasteiger partial charge in [-0.15, -0.1) is 0 Å². The molecule has 3 nitrogen and oxygen atoms in total. The normalized spacial score (nSPS) is 10.4. The van der Waals surface area contributed by atoms with Gasteiger partial charge in [0.25, 0.3) is 0 Å². The Bertz CT molecular complexity index is 479. The van der Waals surface area contributed by atoms with E-state index in [4.69, 9.17) is 0 Å². The van der Waals surface area contributed by atoms with Crippen LogP contribution in [0.3, 0.4) is 0 Å². The maximum Gasteiger partial charge on any atom is 0.193 e. The van der Waals surface area contributed by atoms with Gasteiger partial charge in [-0.3, -0.25) is 0 Å². The molecule has 2 rings (SSSR count). The highest BCUT2D eigenvalue weighted by molar-refractivity contribution is 14.1. The summed E-state index contributed by atoms with van der Waals surface area (Å²) in [5, 5.41) is 1.68. The largest absolute Gasteiger partial charge is 0.246 e. The first-order valence-electron chi connectivity index (χ1n) is 4.74. The van der Waals surface area contributed by atoms with Gasteiger partial charge < -0.3 is 0 Å². The molecule has 5 heteroatoms. The molecular weight excluding hydrogens is 333 g/mol. The highest BCUT2D eigenvalue weighted by atomic mass is 127. The molecule has 0 bridgehead atoms. The van der Waals surface area contributed by atoms with E-state index in [0.717, 1.165) is 19.4 Å². The zero-order chi connectivity index (χ0) is 11.5. The fourth-order valence-electron chi connectivity index (χ4n) is 1.30. The van der Waals surface area contributed by atoms with Crippen LogP contribution in [0, 0.1) is 17.4 Å². The summed E-state index contributed by atoms with van der Waals surface area (Å²) >= 11 is 3.68. The van der Waals surface area contributed by atoms with E-state index in [9.17, 15) is 0 Å². The Morgan fingerprint density at radius 1 is 1.12 bits per heavy atom. The lowest BCUT2D eigenvalue weighted by Crippen LogP contribution is -1.90. The molecule has 2 aromatic rings. The lowest BCUT2D eigenvalue weighted by atomic mass is 10.3. The van der Waals surface area contributed by atoms with Crippen molar-refractivity contribution >= 4 is 34.4 Å². The zero-order valence-corrected chi connectivity index (χ0v) is 11.9. The third kappa shape index (κ3) is 3.15. The van der Waals surface area contributed by atoms with E-state index in [1.807, 2.05) is 13.0 Å². The molecule has 0 aliphatic rings. The number of halogens is 1. The van der Waals surface area contributed by atoms with E-state index >= 15 is 0 Å². The van der Waals surface area contributed by atoms with Gasteiger partial charge in [-0.05, 0) is 65.9 Å². The summed E-state index contributed by atoms with van der Waals surface area (Å²) in [6.45, 7) is 4.05. The molecule has 0 saturated carbocycles. The lowest BCUT2D eigenvalue weighted by Gasteiger charge is -2.02. The van der Waals surface area contributed by atoms with Crippen LogP contribution < -0.4 is 0 Å². The van der Waals surface area contributed by atoms with Crippen LogP contribution in [0.5, 0.6) is 0 Å². The predicted molar refractivity (Wildman–Crippen MR) is 72.6 cm³/mol. The van der Waals surface area contributed by atoms with Crippen LogP contribution in [-0.2, 0) is 0 Å². The van der Waals surface area contributed by atoms with E-state index in [-0.39, 0.29) is 0 Å². The number of pyridine rings is 1. The average molecular weight is 343 g/mol. The third-order valence-corrected chi connectivity index (χ3v) is 3.24. The fraction of sp³-hybridized carbons (Fsp3) is 0.182. The van der Waals surface area contributed by atoms with Crippen molar-refractivity contribution in [1.82, 2.24) is 15.0 Å². The number of hydrogen-bond acceptors (Lipinski definition) is 4. The molecule has 0 fully saturated rings. The highest BCUT2D eigenvalue weighted by Gasteiger charge is 2.03. The summed E-state index contributed by atoms with van der Waals surface area (Å²) in [6.07, 6.45) is 3.61. The van der Waals surface area contributed by atoms with Crippen LogP contribution in [0.4, 0.5) is 0 Å². The van der Waals surface area contributed by atoms with Crippen molar-refractivity contribution < 1.29 is 0 Å². The van der Waals surface area contributed by atoms with E-state index in [1.54, 1.807) is 12.4 Å². The number of nitrogens with zero attached hydrogens (tertiary/aromatic N) is 3. The molecule has 0 amide bonds. The van der Waals surface area contributed by atoms with Crippen molar-refractivity contribution in [2.75, 3.05) is 0 Å². The van der Waals surface area contributed by atoms with Gasteiger partial charge in [0.1, 0.15) is 5.03 Å². The second-order valence-electron chi connectivity index (χ2n) is 3.41. The minimum Gasteiger partial charge on any atom is -0.246 e. The second-order valence-corrected chi connectivity index (χ2v) is 5.64. The monoisotopic (exact) mass is 343 g/mol. The Morgan fingerprint density at radius 3 is 2.44 bits per heavy atom. The molecule has 82 valence electrons. The third-order valence-electron chi connectivity index (χ3n) is 1.87. The topological polar surface area (TPSA) is 38.7 Å². The van der Waals surface area contributed by atoms with Gasteiger partial charge in [-0.1, -0.05) is 0 Å². The number of hydrogen-bond donors (Lipinski definition) is 0. The number of aromatic nitrogens is 3. The van der Waals surface area contributed by atoms with Crippen molar-refractivity contribution in [2.24, 2.45) is 0 Å². The first-order chi connectivity index (χ1) is 7.63. The summed E-state index contributed by atoms with van der Waals surface area (Å²) in [6, 6.07) is 4.10. The molecule has 0 atom stereocenters. The molecule has 16 heavy (non-hydrogen) atoms. The minimum absolute atomic E-state index is 0.734. The van der Waals surface area contributed by atoms with Gasteiger partial charge in [0.05, 0.1) is 0 Å². The van der Waals surface area contributed by atoms with Gasteiger partial charge in [0, 0.05) is 21.7 Å². The molecule has 0 aliphatic carbocycles. The molecule has 2 heterocycles. The summed E-state index contributed by atoms with van der Waals surface area (Å²) < 4.78 is 1.04. The standard InChI is InChI=1S/C11H10IN3S/c1-7-3-8(2)15-10(4-7)16-11-13-5-9(12)6-14-11/h3-6H,1-2H3. The van der Waals surface area contributed by atoms with E-state index in [2.05, 4.69) is 50.5 Å². The van der Waals surface area contributed by atoms with Crippen LogP contribution >= 0.6 is 34.4 Å². The van der Waals surface area contributed by atoms with Crippen LogP contribution in [0.1, 0.15) is 11.3 Å². The Hall–Kier alpha value is -0.690. The summed E-state index contributed by atoms with van der Waals surface area (Å²) in [4.78, 5) is 12.9. The first kappa shape index (κ1) is 11.8. The molecule has 0 unspecified atom stereocenters. The molecule has 0 N–H and O–H groups in total. The molecule has 0 saturated heterocycles. The molecule has 0 aromatic carbocycles. The van der Waals surface area contributed by atoms with E-state index in [1.165, 1.54) is 17.3 Å². The Labute approximate surface area is 112 Å². The van der Waals surface area contributed by atoms with Gasteiger partial charge in [0.2, 0.25) is 0 Å². The van der Waals surface area contributed by atoms with Crippen LogP contribution in [0.15, 0.2) is 34.7 Å². The maximum atomic E-state index is 4.43. The van der Waals surface area contributed by atoms with E-state index < -0.39 is 0 Å². The average Bonchev–Trinajstić information content (AvgIpc) is 2.20. The van der Waals surface area contributed by atoms with Crippen molar-refractivity contribution in [1.29, 1.82) is 0 Å². The van der Waals surface area contributed by atoms with Crippen molar-refractivity contribution in [3.63, 3.8) is 0 Å². The van der Waals surface area contributed by atoms with Crippen LogP contribution in [-0.4, -0.2) is 15.0 Å². The zero-order valence-electron chi connectivity index (χ0n) is 8.94. The van der Waals surface area contributed by atoms with E-state index in [0.29, 0.717) is 0 Å². The van der Waals surface area contributed by atoms with Gasteiger partial charge in [0.15, 0.2) is 5.16 Å². The predicted octanol–water partition coefficient (Wildman–Crippen LogP) is 3.24. The minimum atomic E-state index is 0.734. The van der Waals surface area contributed by atoms with Gasteiger partial charge in [-0.25, -0.2) is 15.0 Å². The quantitative estimate of drug-likeness (QED) is 0.620. The number of aryl methyl sites for hydroxylation is 2. The lowest BCUT2D eigenvalue weighted by molar-refractivity contribution is 0.947. The number of rotatable bonds is 2. The molecule has 2 aromatic heterocycles. The molecule has 0 radical (unpaired) electrons. The first-order valence-corrected chi connectivity index (χ1v) is 6.64. The Kier molecular flexibility index (Phi) is 3.75. The van der Waals surface area contributed by atoms with Crippen LogP contribution in [0.2, 0.25) is 0 Å². The van der Waals surface area contributed by atoms with Crippen molar-refractivity contribution in [2.45, 2.75) is 24.0 Å². The molecule has 0 spiro atoms. The van der Waals surface area contributed by atoms with Crippen molar-refractivity contribution in [3.05, 3.63) is 39.4 Å². The van der Waals surface area contributed by atoms with Crippen molar-refractivity contribution in [3.8, 4) is 0 Å². The maximum absolute atomic E-state index is 4.43. The molecule has 0 aliphatic heterocycles. The smallest absolute Gasteiger partial charge is 0.193 e.